The van der Waals surface area contributed by atoms with E-state index in [4.69, 9.17) is 4.98 Å². The van der Waals surface area contributed by atoms with Crippen LogP contribution in [-0.2, 0) is 11.3 Å². The quantitative estimate of drug-likeness (QED) is 0.558. The number of carbonyl (C=O) groups is 2. The predicted octanol–water partition coefficient (Wildman–Crippen LogP) is 3.90. The number of amides is 2. The lowest BCUT2D eigenvalue weighted by atomic mass is 10.1. The molecule has 8 heteroatoms. The van der Waals surface area contributed by atoms with Crippen molar-refractivity contribution in [3.05, 3.63) is 77.1 Å². The molecule has 2 amide bonds. The second kappa shape index (κ2) is 10.0. The highest BCUT2D eigenvalue weighted by molar-refractivity contribution is 7.13. The summed E-state index contributed by atoms with van der Waals surface area (Å²) in [4.78, 5) is 36.9. The molecule has 6 nitrogen and oxygen atoms in total. The first kappa shape index (κ1) is 22.7. The van der Waals surface area contributed by atoms with Crippen LogP contribution in [0.2, 0.25) is 0 Å². The number of benzene rings is 2. The van der Waals surface area contributed by atoms with Crippen LogP contribution in [0.4, 0.5) is 4.39 Å². The SMILES string of the molecule is O=C(C1CCCN1C(=O)c1ccccc1)N1CCN(Cc2csc(-c3ccc(F)cc3)n2)CC1. The number of hydrogen-bond acceptors (Lipinski definition) is 5. The molecule has 2 fully saturated rings. The third kappa shape index (κ3) is 4.88. The van der Waals surface area contributed by atoms with E-state index >= 15 is 0 Å². The van der Waals surface area contributed by atoms with Gasteiger partial charge in [0.15, 0.2) is 0 Å². The Morgan fingerprint density at radius 3 is 2.44 bits per heavy atom. The molecule has 3 heterocycles. The van der Waals surface area contributed by atoms with Gasteiger partial charge in [0.1, 0.15) is 16.9 Å². The number of aromatic nitrogens is 1. The van der Waals surface area contributed by atoms with Crippen LogP contribution in [0, 0.1) is 5.82 Å². The molecule has 0 bridgehead atoms. The first-order chi connectivity index (χ1) is 16.6. The highest BCUT2D eigenvalue weighted by Crippen LogP contribution is 2.25. The lowest BCUT2D eigenvalue weighted by Crippen LogP contribution is -2.54. The second-order valence-electron chi connectivity index (χ2n) is 8.77. The van der Waals surface area contributed by atoms with Gasteiger partial charge in [-0.3, -0.25) is 14.5 Å². The van der Waals surface area contributed by atoms with E-state index in [1.165, 1.54) is 12.1 Å². The third-order valence-corrected chi connectivity index (χ3v) is 7.47. The van der Waals surface area contributed by atoms with Crippen molar-refractivity contribution in [1.29, 1.82) is 0 Å². The molecule has 0 saturated carbocycles. The molecule has 1 aromatic heterocycles. The number of likely N-dealkylation sites (tertiary alicyclic amines) is 1. The molecule has 2 saturated heterocycles. The average molecular weight is 479 g/mol. The molecule has 1 unspecified atom stereocenters. The van der Waals surface area contributed by atoms with Crippen molar-refractivity contribution in [3.63, 3.8) is 0 Å². The summed E-state index contributed by atoms with van der Waals surface area (Å²) in [6.07, 6.45) is 1.58. The number of thiazole rings is 1. The average Bonchev–Trinajstić information content (AvgIpc) is 3.55. The number of nitrogens with zero attached hydrogens (tertiary/aromatic N) is 4. The fraction of sp³-hybridized carbons (Fsp3) is 0.346. The van der Waals surface area contributed by atoms with Gasteiger partial charge in [0, 0.05) is 55.8 Å². The Labute approximate surface area is 202 Å². The summed E-state index contributed by atoms with van der Waals surface area (Å²) >= 11 is 1.56. The van der Waals surface area contributed by atoms with E-state index in [0.29, 0.717) is 25.2 Å². The minimum Gasteiger partial charge on any atom is -0.338 e. The lowest BCUT2D eigenvalue weighted by molar-refractivity contribution is -0.137. The van der Waals surface area contributed by atoms with Crippen molar-refractivity contribution < 1.29 is 14.0 Å². The molecule has 0 N–H and O–H groups in total. The van der Waals surface area contributed by atoms with Gasteiger partial charge in [-0.25, -0.2) is 9.37 Å². The topological polar surface area (TPSA) is 56.8 Å². The van der Waals surface area contributed by atoms with Crippen LogP contribution in [0.3, 0.4) is 0 Å². The Balaban J connectivity index is 1.16. The van der Waals surface area contributed by atoms with Crippen molar-refractivity contribution in [1.82, 2.24) is 19.7 Å². The van der Waals surface area contributed by atoms with Crippen LogP contribution in [0.5, 0.6) is 0 Å². The zero-order chi connectivity index (χ0) is 23.5. The molecule has 2 aliphatic rings. The Morgan fingerprint density at radius 2 is 1.71 bits per heavy atom. The molecule has 5 rings (SSSR count). The monoisotopic (exact) mass is 478 g/mol. The molecule has 1 atom stereocenters. The summed E-state index contributed by atoms with van der Waals surface area (Å²) in [7, 11) is 0. The molecular formula is C26H27FN4O2S. The summed E-state index contributed by atoms with van der Waals surface area (Å²) in [6, 6.07) is 15.2. The van der Waals surface area contributed by atoms with Crippen LogP contribution in [0.25, 0.3) is 10.6 Å². The van der Waals surface area contributed by atoms with Crippen molar-refractivity contribution >= 4 is 23.2 Å². The van der Waals surface area contributed by atoms with Gasteiger partial charge < -0.3 is 9.80 Å². The predicted molar refractivity (Wildman–Crippen MR) is 130 cm³/mol. The summed E-state index contributed by atoms with van der Waals surface area (Å²) in [5.74, 6) is -0.248. The molecule has 34 heavy (non-hydrogen) atoms. The summed E-state index contributed by atoms with van der Waals surface area (Å²) in [6.45, 7) is 4.20. The fourth-order valence-corrected chi connectivity index (χ4v) is 5.50. The lowest BCUT2D eigenvalue weighted by Gasteiger charge is -2.37. The molecule has 0 aliphatic carbocycles. The number of piperazine rings is 1. The van der Waals surface area contributed by atoms with Crippen molar-refractivity contribution in [3.8, 4) is 10.6 Å². The van der Waals surface area contributed by atoms with Crippen LogP contribution in [0.15, 0.2) is 60.0 Å². The van der Waals surface area contributed by atoms with E-state index < -0.39 is 0 Å². The standard InChI is InChI=1S/C26H27FN4O2S/c27-21-10-8-19(9-11-21)24-28-22(18-34-24)17-29-13-15-30(16-14-29)26(33)23-7-4-12-31(23)25(32)20-5-2-1-3-6-20/h1-3,5-6,8-11,18,23H,4,7,12-17H2. The Kier molecular flexibility index (Phi) is 6.69. The van der Waals surface area contributed by atoms with E-state index in [2.05, 4.69) is 4.90 Å². The summed E-state index contributed by atoms with van der Waals surface area (Å²) < 4.78 is 13.2. The van der Waals surface area contributed by atoms with Crippen molar-refractivity contribution in [2.75, 3.05) is 32.7 Å². The molecule has 2 aliphatic heterocycles. The van der Waals surface area contributed by atoms with Gasteiger partial charge in [-0.2, -0.15) is 0 Å². The van der Waals surface area contributed by atoms with Gasteiger partial charge in [-0.05, 0) is 49.2 Å². The first-order valence-electron chi connectivity index (χ1n) is 11.7. The maximum atomic E-state index is 13.3. The van der Waals surface area contributed by atoms with Crippen LogP contribution >= 0.6 is 11.3 Å². The minimum atomic E-state index is -0.365. The van der Waals surface area contributed by atoms with Crippen LogP contribution in [0.1, 0.15) is 28.9 Å². The number of rotatable bonds is 5. The van der Waals surface area contributed by atoms with Gasteiger partial charge in [0.25, 0.3) is 5.91 Å². The zero-order valence-corrected chi connectivity index (χ0v) is 19.7. The van der Waals surface area contributed by atoms with Crippen molar-refractivity contribution in [2.24, 2.45) is 0 Å². The molecule has 3 aromatic rings. The van der Waals surface area contributed by atoms with E-state index in [1.54, 1.807) is 40.5 Å². The molecular weight excluding hydrogens is 451 g/mol. The highest BCUT2D eigenvalue weighted by atomic mass is 32.1. The van der Waals surface area contributed by atoms with Gasteiger partial charge in [-0.15, -0.1) is 11.3 Å². The summed E-state index contributed by atoms with van der Waals surface area (Å²) in [5, 5.41) is 2.93. The number of hydrogen-bond donors (Lipinski definition) is 0. The van der Waals surface area contributed by atoms with Crippen LogP contribution in [-0.4, -0.2) is 70.3 Å². The first-order valence-corrected chi connectivity index (χ1v) is 12.5. The van der Waals surface area contributed by atoms with E-state index in [1.807, 2.05) is 28.5 Å². The second-order valence-corrected chi connectivity index (χ2v) is 9.63. The van der Waals surface area contributed by atoms with E-state index in [-0.39, 0.29) is 23.7 Å². The van der Waals surface area contributed by atoms with E-state index in [0.717, 1.165) is 48.7 Å². The largest absolute Gasteiger partial charge is 0.338 e. The van der Waals surface area contributed by atoms with Gasteiger partial charge >= 0.3 is 0 Å². The minimum absolute atomic E-state index is 0.0597. The van der Waals surface area contributed by atoms with Gasteiger partial charge in [0.2, 0.25) is 5.91 Å². The molecule has 176 valence electrons. The number of carbonyl (C=O) groups excluding carboxylic acids is 2. The van der Waals surface area contributed by atoms with Crippen molar-refractivity contribution in [2.45, 2.75) is 25.4 Å². The summed E-state index contributed by atoms with van der Waals surface area (Å²) in [5.41, 5.74) is 2.54. The normalized spacial score (nSPS) is 18.9. The zero-order valence-electron chi connectivity index (χ0n) is 18.9. The Morgan fingerprint density at radius 1 is 0.971 bits per heavy atom. The Hall–Kier alpha value is -3.10. The molecule has 2 aromatic carbocycles. The fourth-order valence-electron chi connectivity index (χ4n) is 4.68. The third-order valence-electron chi connectivity index (χ3n) is 6.53. The van der Waals surface area contributed by atoms with Gasteiger partial charge in [0.05, 0.1) is 5.69 Å². The van der Waals surface area contributed by atoms with E-state index in [9.17, 15) is 14.0 Å². The highest BCUT2D eigenvalue weighted by Gasteiger charge is 2.37. The maximum Gasteiger partial charge on any atom is 0.254 e. The molecule has 0 spiro atoms. The van der Waals surface area contributed by atoms with Crippen LogP contribution < -0.4 is 0 Å². The maximum absolute atomic E-state index is 13.3. The van der Waals surface area contributed by atoms with Gasteiger partial charge in [-0.1, -0.05) is 18.2 Å². The molecule has 0 radical (unpaired) electrons. The smallest absolute Gasteiger partial charge is 0.254 e. The number of halogens is 1. The Bertz CT molecular complexity index is 1140.